The minimum atomic E-state index is -0.305. The molecule has 3 rings (SSSR count). The van der Waals surface area contributed by atoms with Crippen LogP contribution in [-0.4, -0.2) is 42.2 Å². The number of hydrogen-bond donors (Lipinski definition) is 0. The van der Waals surface area contributed by atoms with Gasteiger partial charge in [-0.05, 0) is 63.9 Å². The van der Waals surface area contributed by atoms with Gasteiger partial charge in [-0.15, -0.1) is 0 Å². The largest absolute Gasteiger partial charge is 0.494 e. The second-order valence-corrected chi connectivity index (χ2v) is 8.48. The molecule has 0 atom stereocenters. The van der Waals surface area contributed by atoms with Crippen molar-refractivity contribution in [3.63, 3.8) is 0 Å². The summed E-state index contributed by atoms with van der Waals surface area (Å²) in [5, 5.41) is 0. The lowest BCUT2D eigenvalue weighted by Crippen LogP contribution is -2.41. The maximum Gasteiger partial charge on any atom is 0.494 e. The van der Waals surface area contributed by atoms with Crippen LogP contribution in [0.15, 0.2) is 24.3 Å². The van der Waals surface area contributed by atoms with E-state index in [-0.39, 0.29) is 24.2 Å². The molecule has 136 valence electrons. The van der Waals surface area contributed by atoms with E-state index in [0.29, 0.717) is 5.92 Å². The Morgan fingerprint density at radius 2 is 1.60 bits per heavy atom. The van der Waals surface area contributed by atoms with Crippen molar-refractivity contribution in [3.8, 4) is 0 Å². The molecule has 0 radical (unpaired) electrons. The Bertz CT molecular complexity index is 602. The van der Waals surface area contributed by atoms with E-state index >= 15 is 0 Å². The molecule has 2 heterocycles. The molecule has 1 amide bonds. The lowest BCUT2D eigenvalue weighted by Gasteiger charge is -2.32. The topological polar surface area (TPSA) is 38.8 Å². The molecule has 0 aromatic heterocycles. The monoisotopic (exact) mass is 343 g/mol. The Morgan fingerprint density at radius 3 is 2.08 bits per heavy atom. The van der Waals surface area contributed by atoms with Crippen LogP contribution in [0.2, 0.25) is 0 Å². The molecule has 2 aliphatic heterocycles. The molecule has 2 fully saturated rings. The Hall–Kier alpha value is -1.33. The van der Waals surface area contributed by atoms with E-state index in [0.717, 1.165) is 37.8 Å². The summed E-state index contributed by atoms with van der Waals surface area (Å²) < 4.78 is 12.2. The van der Waals surface area contributed by atoms with E-state index in [2.05, 4.69) is 52.0 Å². The van der Waals surface area contributed by atoms with E-state index in [1.165, 1.54) is 5.56 Å². The maximum absolute atomic E-state index is 11.4. The van der Waals surface area contributed by atoms with Gasteiger partial charge in [0.05, 0.1) is 11.2 Å². The number of piperidine rings is 1. The van der Waals surface area contributed by atoms with Crippen LogP contribution in [0.4, 0.5) is 0 Å². The predicted molar refractivity (Wildman–Crippen MR) is 101 cm³/mol. The standard InChI is InChI=1S/C20H30BNO3/c1-15(23)22-12-10-17(11-13-22)14-16-6-8-18(9-7-16)21-24-19(2,3)20(4,5)25-21/h6-9,17H,10-14H2,1-5H3. The quantitative estimate of drug-likeness (QED) is 0.793. The highest BCUT2D eigenvalue weighted by Crippen LogP contribution is 2.36. The molecule has 0 unspecified atom stereocenters. The summed E-state index contributed by atoms with van der Waals surface area (Å²) >= 11 is 0. The third-order valence-electron chi connectivity index (χ3n) is 6.09. The molecule has 2 saturated heterocycles. The van der Waals surface area contributed by atoms with Gasteiger partial charge in [-0.25, -0.2) is 0 Å². The van der Waals surface area contributed by atoms with E-state index in [1.807, 2.05) is 4.90 Å². The molecule has 1 aromatic carbocycles. The van der Waals surface area contributed by atoms with Gasteiger partial charge in [-0.2, -0.15) is 0 Å². The first-order chi connectivity index (χ1) is 11.7. The summed E-state index contributed by atoms with van der Waals surface area (Å²) in [6.07, 6.45) is 3.27. The first-order valence-electron chi connectivity index (χ1n) is 9.38. The highest BCUT2D eigenvalue weighted by molar-refractivity contribution is 6.62. The number of likely N-dealkylation sites (tertiary alicyclic amines) is 1. The van der Waals surface area contributed by atoms with Crippen molar-refractivity contribution in [1.82, 2.24) is 4.90 Å². The Morgan fingerprint density at radius 1 is 1.08 bits per heavy atom. The predicted octanol–water partition coefficient (Wildman–Crippen LogP) is 2.79. The Labute approximate surface area is 152 Å². The van der Waals surface area contributed by atoms with E-state index in [4.69, 9.17) is 9.31 Å². The fourth-order valence-electron chi connectivity index (χ4n) is 3.58. The van der Waals surface area contributed by atoms with Gasteiger partial charge in [0.1, 0.15) is 0 Å². The normalized spacial score (nSPS) is 23.1. The molecule has 0 N–H and O–H groups in total. The minimum absolute atomic E-state index is 0.199. The van der Waals surface area contributed by atoms with Gasteiger partial charge in [-0.3, -0.25) is 4.79 Å². The molecule has 2 aliphatic rings. The number of hydrogen-bond acceptors (Lipinski definition) is 3. The summed E-state index contributed by atoms with van der Waals surface area (Å²) in [6.45, 7) is 11.8. The van der Waals surface area contributed by atoms with Crippen molar-refractivity contribution >= 4 is 18.5 Å². The zero-order valence-corrected chi connectivity index (χ0v) is 16.2. The van der Waals surface area contributed by atoms with Crippen molar-refractivity contribution in [3.05, 3.63) is 29.8 Å². The number of rotatable bonds is 3. The molecule has 5 heteroatoms. The molecule has 0 saturated carbocycles. The maximum atomic E-state index is 11.4. The number of carbonyl (C=O) groups excluding carboxylic acids is 1. The zero-order valence-electron chi connectivity index (χ0n) is 16.2. The van der Waals surface area contributed by atoms with Crippen LogP contribution < -0.4 is 5.46 Å². The summed E-state index contributed by atoms with van der Waals surface area (Å²) in [5.41, 5.74) is 1.82. The van der Waals surface area contributed by atoms with Crippen molar-refractivity contribution in [2.45, 2.75) is 65.1 Å². The lowest BCUT2D eigenvalue weighted by atomic mass is 9.78. The van der Waals surface area contributed by atoms with Gasteiger partial charge in [0, 0.05) is 20.0 Å². The molecule has 0 spiro atoms. The summed E-state index contributed by atoms with van der Waals surface area (Å²) in [5.74, 6) is 0.864. The fraction of sp³-hybridized carbons (Fsp3) is 0.650. The number of amides is 1. The molecular weight excluding hydrogens is 313 g/mol. The number of nitrogens with zero attached hydrogens (tertiary/aromatic N) is 1. The molecule has 1 aromatic rings. The molecular formula is C20H30BNO3. The average Bonchev–Trinajstić information content (AvgIpc) is 2.76. The van der Waals surface area contributed by atoms with Crippen molar-refractivity contribution < 1.29 is 14.1 Å². The second kappa shape index (κ2) is 6.77. The fourth-order valence-corrected chi connectivity index (χ4v) is 3.58. The summed E-state index contributed by atoms with van der Waals surface area (Å²) in [4.78, 5) is 13.4. The molecule has 0 aliphatic carbocycles. The Kier molecular flexibility index (Phi) is 5.00. The van der Waals surface area contributed by atoms with E-state index in [9.17, 15) is 4.79 Å². The molecule has 4 nitrogen and oxygen atoms in total. The molecule has 25 heavy (non-hydrogen) atoms. The van der Waals surface area contributed by atoms with Crippen LogP contribution in [0.5, 0.6) is 0 Å². The van der Waals surface area contributed by atoms with Crippen LogP contribution in [0, 0.1) is 5.92 Å². The van der Waals surface area contributed by atoms with Crippen LogP contribution in [0.1, 0.15) is 53.0 Å². The van der Waals surface area contributed by atoms with Crippen LogP contribution in [0.25, 0.3) is 0 Å². The third kappa shape index (κ3) is 3.93. The van der Waals surface area contributed by atoms with Gasteiger partial charge >= 0.3 is 7.12 Å². The first kappa shape index (κ1) is 18.5. The summed E-state index contributed by atoms with van der Waals surface area (Å²) in [6, 6.07) is 8.64. The van der Waals surface area contributed by atoms with Crippen LogP contribution in [0.3, 0.4) is 0 Å². The van der Waals surface area contributed by atoms with E-state index in [1.54, 1.807) is 6.92 Å². The SMILES string of the molecule is CC(=O)N1CCC(Cc2ccc(B3OC(C)(C)C(C)(C)O3)cc2)CC1. The van der Waals surface area contributed by atoms with Gasteiger partial charge in [0.25, 0.3) is 0 Å². The van der Waals surface area contributed by atoms with Crippen molar-refractivity contribution in [2.24, 2.45) is 5.92 Å². The average molecular weight is 343 g/mol. The van der Waals surface area contributed by atoms with Crippen LogP contribution in [-0.2, 0) is 20.5 Å². The lowest BCUT2D eigenvalue weighted by molar-refractivity contribution is -0.130. The number of benzene rings is 1. The van der Waals surface area contributed by atoms with E-state index < -0.39 is 0 Å². The number of carbonyl (C=O) groups is 1. The van der Waals surface area contributed by atoms with Gasteiger partial charge in [-0.1, -0.05) is 24.3 Å². The zero-order chi connectivity index (χ0) is 18.2. The van der Waals surface area contributed by atoms with Crippen LogP contribution >= 0.6 is 0 Å². The highest BCUT2D eigenvalue weighted by atomic mass is 16.7. The van der Waals surface area contributed by atoms with Gasteiger partial charge in [0.15, 0.2) is 0 Å². The van der Waals surface area contributed by atoms with Crippen molar-refractivity contribution in [2.75, 3.05) is 13.1 Å². The second-order valence-electron chi connectivity index (χ2n) is 8.48. The summed E-state index contributed by atoms with van der Waals surface area (Å²) in [7, 11) is -0.294. The molecule has 0 bridgehead atoms. The third-order valence-corrected chi connectivity index (χ3v) is 6.09. The highest BCUT2D eigenvalue weighted by Gasteiger charge is 2.51. The van der Waals surface area contributed by atoms with Gasteiger partial charge in [0.2, 0.25) is 5.91 Å². The minimum Gasteiger partial charge on any atom is -0.399 e. The smallest absolute Gasteiger partial charge is 0.399 e. The Balaban J connectivity index is 1.58. The van der Waals surface area contributed by atoms with Gasteiger partial charge < -0.3 is 14.2 Å². The first-order valence-corrected chi connectivity index (χ1v) is 9.38. The van der Waals surface area contributed by atoms with Crippen molar-refractivity contribution in [1.29, 1.82) is 0 Å².